The molecular weight excluding hydrogens is 632 g/mol. The predicted molar refractivity (Wildman–Crippen MR) is 170 cm³/mol. The van der Waals surface area contributed by atoms with E-state index >= 15 is 0 Å². The highest BCUT2D eigenvalue weighted by molar-refractivity contribution is 5.99. The number of hydrogen-bond donors (Lipinski definition) is 6. The fourth-order valence-electron chi connectivity index (χ4n) is 4.44. The molecular formula is C30H44N8O10. The van der Waals surface area contributed by atoms with Crippen LogP contribution in [0.2, 0.25) is 0 Å². The van der Waals surface area contributed by atoms with Gasteiger partial charge in [-0.2, -0.15) is 0 Å². The monoisotopic (exact) mass is 676 g/mol. The zero-order valence-electron chi connectivity index (χ0n) is 27.4. The highest BCUT2D eigenvalue weighted by atomic mass is 16.8. The van der Waals surface area contributed by atoms with Crippen LogP contribution in [0.4, 0.5) is 4.79 Å². The van der Waals surface area contributed by atoms with Gasteiger partial charge in [0.25, 0.3) is 5.91 Å². The molecule has 1 heterocycles. The molecule has 5 amide bonds. The molecule has 3 atom stereocenters. The number of nitrogens with zero attached hydrogens (tertiary/aromatic N) is 2. The van der Waals surface area contributed by atoms with Crippen molar-refractivity contribution in [1.29, 1.82) is 0 Å². The molecule has 18 heteroatoms. The average molecular weight is 677 g/mol. The van der Waals surface area contributed by atoms with Crippen molar-refractivity contribution in [3.8, 4) is 0 Å². The number of nitrogens with two attached hydrogens (primary N) is 2. The molecule has 8 N–H and O–H groups in total. The first-order valence-electron chi connectivity index (χ1n) is 15.3. The molecule has 1 aromatic carbocycles. The highest BCUT2D eigenvalue weighted by Gasteiger charge is 2.32. The number of hydrogen-bond acceptors (Lipinski definition) is 11. The van der Waals surface area contributed by atoms with E-state index in [1.165, 1.54) is 24.1 Å². The number of carbonyl (C=O) groups excluding carboxylic acids is 7. The highest BCUT2D eigenvalue weighted by Crippen LogP contribution is 2.12. The fourth-order valence-corrected chi connectivity index (χ4v) is 4.44. The summed E-state index contributed by atoms with van der Waals surface area (Å²) in [6, 6.07) is 2.72. The summed E-state index contributed by atoms with van der Waals surface area (Å²) >= 11 is 0. The van der Waals surface area contributed by atoms with Gasteiger partial charge in [-0.25, -0.2) is 4.79 Å². The molecule has 264 valence electrons. The molecule has 18 nitrogen and oxygen atoms in total. The average Bonchev–Trinajstić information content (AvgIpc) is 3.03. The van der Waals surface area contributed by atoms with Crippen LogP contribution >= 0.6 is 0 Å². The standard InChI is InChI=1S/C30H44N8O10/c1-5-20-28(44)38(4)22(10-7-11-33-29(31)32)27(43)35-15-23(39)36-21(13-24(40)46-16-47-30(45)48-17(2)3)26(42)34-14-18-8-6-9-19(12-18)25(41)37-20/h6,8-9,12,17,20-22H,5,7,10-11,13-16H2,1-4H3,(H,34,42)(H,35,43)(H,36,39)(H,37,41)(H4,31,32,33)/t20-,21+,22+/m1/s1. The Morgan fingerprint density at radius 3 is 2.38 bits per heavy atom. The van der Waals surface area contributed by atoms with Crippen molar-refractivity contribution in [1.82, 2.24) is 26.2 Å². The van der Waals surface area contributed by atoms with Crippen molar-refractivity contribution in [3.63, 3.8) is 0 Å². The maximum absolute atomic E-state index is 13.5. The van der Waals surface area contributed by atoms with Gasteiger partial charge in [0.05, 0.1) is 19.1 Å². The van der Waals surface area contributed by atoms with Crippen molar-refractivity contribution in [2.45, 2.75) is 77.2 Å². The van der Waals surface area contributed by atoms with Crippen LogP contribution in [-0.4, -0.2) is 104 Å². The predicted octanol–water partition coefficient (Wildman–Crippen LogP) is -1.24. The molecule has 0 aromatic heterocycles. The molecule has 1 aliphatic heterocycles. The molecule has 0 saturated carbocycles. The Bertz CT molecular complexity index is 1360. The van der Waals surface area contributed by atoms with Gasteiger partial charge in [0, 0.05) is 25.7 Å². The van der Waals surface area contributed by atoms with E-state index in [9.17, 15) is 33.6 Å². The summed E-state index contributed by atoms with van der Waals surface area (Å²) in [5.41, 5.74) is 11.5. The number of nitrogens with one attached hydrogen (secondary N) is 4. The normalized spacial score (nSPS) is 19.5. The van der Waals surface area contributed by atoms with Crippen LogP contribution in [-0.2, 0) is 44.7 Å². The van der Waals surface area contributed by atoms with Crippen molar-refractivity contribution in [3.05, 3.63) is 35.4 Å². The third-order valence-corrected chi connectivity index (χ3v) is 6.89. The molecule has 2 bridgehead atoms. The quantitative estimate of drug-likeness (QED) is 0.0559. The molecule has 0 saturated heterocycles. The van der Waals surface area contributed by atoms with Gasteiger partial charge in [-0.3, -0.25) is 33.8 Å². The van der Waals surface area contributed by atoms with E-state index in [4.69, 9.17) is 20.9 Å². The van der Waals surface area contributed by atoms with Crippen LogP contribution in [0.25, 0.3) is 0 Å². The largest absolute Gasteiger partial charge is 0.511 e. The van der Waals surface area contributed by atoms with Crippen LogP contribution in [0.3, 0.4) is 0 Å². The van der Waals surface area contributed by atoms with Gasteiger partial charge in [0.2, 0.25) is 30.4 Å². The summed E-state index contributed by atoms with van der Waals surface area (Å²) in [7, 11) is 1.40. The zero-order valence-corrected chi connectivity index (χ0v) is 27.4. The van der Waals surface area contributed by atoms with Gasteiger partial charge in [-0.1, -0.05) is 19.1 Å². The van der Waals surface area contributed by atoms with Gasteiger partial charge < -0.3 is 51.8 Å². The molecule has 0 unspecified atom stereocenters. The van der Waals surface area contributed by atoms with Crippen LogP contribution in [0.1, 0.15) is 62.4 Å². The lowest BCUT2D eigenvalue weighted by molar-refractivity contribution is -0.155. The first-order valence-corrected chi connectivity index (χ1v) is 15.3. The Morgan fingerprint density at radius 2 is 1.71 bits per heavy atom. The lowest BCUT2D eigenvalue weighted by atomic mass is 10.1. The number of likely N-dealkylation sites (N-methyl/N-ethyl adjacent to an activating group) is 1. The van der Waals surface area contributed by atoms with E-state index in [0.29, 0.717) is 12.0 Å². The second-order valence-electron chi connectivity index (χ2n) is 11.0. The van der Waals surface area contributed by atoms with Crippen LogP contribution in [0.15, 0.2) is 29.3 Å². The van der Waals surface area contributed by atoms with Gasteiger partial charge in [-0.15, -0.1) is 0 Å². The topological polar surface area (TPSA) is 263 Å². The Kier molecular flexibility index (Phi) is 15.6. The summed E-state index contributed by atoms with van der Waals surface area (Å²) in [4.78, 5) is 95.1. The van der Waals surface area contributed by atoms with Gasteiger partial charge in [-0.05, 0) is 50.8 Å². The molecule has 1 aliphatic rings. The molecule has 48 heavy (non-hydrogen) atoms. The number of rotatable bonds is 10. The minimum atomic E-state index is -1.47. The van der Waals surface area contributed by atoms with E-state index < -0.39 is 85.6 Å². The first-order chi connectivity index (χ1) is 22.7. The Morgan fingerprint density at radius 1 is 1.00 bits per heavy atom. The lowest BCUT2D eigenvalue weighted by Gasteiger charge is -2.30. The smallest absolute Gasteiger partial charge is 0.431 e. The number of aliphatic imine (C=N–C) groups is 1. The van der Waals surface area contributed by atoms with Crippen LogP contribution < -0.4 is 32.7 Å². The SMILES string of the molecule is CC[C@H]1NC(=O)c2cccc(c2)CNC(=O)[C@H](CC(=O)OCOC(=O)OC(C)C)NC(=O)CNC(=O)[C@H](CCCN=C(N)N)N(C)C1=O. The van der Waals surface area contributed by atoms with Crippen LogP contribution in [0, 0.1) is 0 Å². The maximum Gasteiger partial charge on any atom is 0.511 e. The number of guanidine groups is 1. The number of ether oxygens (including phenoxy) is 3. The van der Waals surface area contributed by atoms with E-state index in [2.05, 4.69) is 31.0 Å². The summed E-state index contributed by atoms with van der Waals surface area (Å²) in [5, 5.41) is 10.1. The molecule has 0 aliphatic carbocycles. The summed E-state index contributed by atoms with van der Waals surface area (Å²) in [6.07, 6.45) is -1.60. The molecule has 2 rings (SSSR count). The van der Waals surface area contributed by atoms with E-state index in [1.54, 1.807) is 32.9 Å². The minimum Gasteiger partial charge on any atom is -0.431 e. The maximum atomic E-state index is 13.5. The molecule has 0 radical (unpaired) electrons. The first kappa shape index (κ1) is 38.8. The van der Waals surface area contributed by atoms with E-state index in [1.807, 2.05) is 0 Å². The van der Waals surface area contributed by atoms with Gasteiger partial charge >= 0.3 is 12.1 Å². The molecule has 0 fully saturated rings. The number of benzene rings is 1. The van der Waals surface area contributed by atoms with Crippen molar-refractivity contribution in [2.24, 2.45) is 16.5 Å². The Balaban J connectivity index is 2.33. The number of carbonyl (C=O) groups is 7. The number of amides is 5. The number of esters is 1. The van der Waals surface area contributed by atoms with E-state index in [-0.39, 0.29) is 37.5 Å². The Labute approximate surface area is 277 Å². The minimum absolute atomic E-state index is 0.0946. The zero-order chi connectivity index (χ0) is 35.8. The lowest BCUT2D eigenvalue weighted by Crippen LogP contribution is -2.55. The molecule has 1 aromatic rings. The fraction of sp³-hybridized carbons (Fsp3) is 0.533. The van der Waals surface area contributed by atoms with Gasteiger partial charge in [0.1, 0.15) is 18.1 Å². The van der Waals surface area contributed by atoms with Crippen LogP contribution in [0.5, 0.6) is 0 Å². The summed E-state index contributed by atoms with van der Waals surface area (Å²) in [6.45, 7) is 3.54. The van der Waals surface area contributed by atoms with Gasteiger partial charge in [0.15, 0.2) is 5.96 Å². The third-order valence-electron chi connectivity index (χ3n) is 6.89. The second-order valence-corrected chi connectivity index (χ2v) is 11.0. The van der Waals surface area contributed by atoms with Crippen molar-refractivity contribution in [2.75, 3.05) is 26.9 Å². The van der Waals surface area contributed by atoms with Crippen molar-refractivity contribution >= 4 is 47.6 Å². The summed E-state index contributed by atoms with van der Waals surface area (Å²) < 4.78 is 14.3. The molecule has 0 spiro atoms. The second kappa shape index (κ2) is 19.3. The van der Waals surface area contributed by atoms with Crippen molar-refractivity contribution < 1.29 is 47.8 Å². The van der Waals surface area contributed by atoms with E-state index in [0.717, 1.165) is 0 Å². The Hall–Kier alpha value is -5.42. The number of fused-ring (bicyclic) bond motifs is 2. The summed E-state index contributed by atoms with van der Waals surface area (Å²) in [5.74, 6) is -4.55. The third kappa shape index (κ3) is 13.1.